The molecule has 5 atom stereocenters. The number of carbonyl (C=O) groups excluding carboxylic acids is 4. The lowest BCUT2D eigenvalue weighted by molar-refractivity contribution is -0.271. The zero-order valence-electron chi connectivity index (χ0n) is 27.2. The van der Waals surface area contributed by atoms with Gasteiger partial charge in [-0.3, -0.25) is 24.1 Å². The van der Waals surface area contributed by atoms with Crippen molar-refractivity contribution in [3.8, 4) is 5.75 Å². The summed E-state index contributed by atoms with van der Waals surface area (Å²) in [4.78, 5) is 59.0. The Morgan fingerprint density at radius 3 is 2.20 bits per heavy atom. The second kappa shape index (κ2) is 20.5. The minimum atomic E-state index is -1.87. The molecule has 1 fully saturated rings. The van der Waals surface area contributed by atoms with Gasteiger partial charge in [0.25, 0.3) is 11.8 Å². The monoisotopic (exact) mass is 696 g/mol. The Hall–Kier alpha value is -3.97. The zero-order chi connectivity index (χ0) is 35.8. The highest BCUT2D eigenvalue weighted by molar-refractivity contribution is 6.13. The fraction of sp³-hybridized carbons (Fsp3) is 0.594. The summed E-state index contributed by atoms with van der Waals surface area (Å²) in [7, 11) is 0. The molecule has 2 aliphatic rings. The van der Waals surface area contributed by atoms with E-state index in [1.54, 1.807) is 25.1 Å². The first-order valence-corrected chi connectivity index (χ1v) is 15.9. The summed E-state index contributed by atoms with van der Waals surface area (Å²) in [5.74, 6) is -3.00. The smallest absolute Gasteiger partial charge is 0.335 e. The molecule has 2 heterocycles. The Bertz CT molecular complexity index is 1290. The Morgan fingerprint density at radius 2 is 1.55 bits per heavy atom. The zero-order valence-corrected chi connectivity index (χ0v) is 27.2. The molecule has 0 spiro atoms. The number of hydrogen-bond acceptors (Lipinski definition) is 14. The van der Waals surface area contributed by atoms with Crippen molar-refractivity contribution in [3.05, 3.63) is 41.5 Å². The van der Waals surface area contributed by atoms with Crippen LogP contribution in [0.15, 0.2) is 30.4 Å². The van der Waals surface area contributed by atoms with Crippen LogP contribution in [0.25, 0.3) is 0 Å². The van der Waals surface area contributed by atoms with Gasteiger partial charge in [0, 0.05) is 50.3 Å². The molecule has 17 nitrogen and oxygen atoms in total. The summed E-state index contributed by atoms with van der Waals surface area (Å²) in [5, 5.41) is 42.5. The summed E-state index contributed by atoms with van der Waals surface area (Å²) in [5.41, 5.74) is 1.21. The number of carboxylic acid groups (broad SMARTS) is 1. The van der Waals surface area contributed by atoms with Crippen molar-refractivity contribution in [3.63, 3.8) is 0 Å². The topological polar surface area (TPSA) is 237 Å². The second-order valence-electron chi connectivity index (χ2n) is 11.0. The van der Waals surface area contributed by atoms with E-state index in [9.17, 15) is 44.4 Å². The Balaban J connectivity index is 1.31. The highest BCUT2D eigenvalue weighted by atomic mass is 16.7. The molecule has 3 rings (SSSR count). The number of rotatable bonds is 22. The highest BCUT2D eigenvalue weighted by Crippen LogP contribution is 2.29. The van der Waals surface area contributed by atoms with Gasteiger partial charge in [-0.05, 0) is 24.5 Å². The van der Waals surface area contributed by atoms with Crippen LogP contribution in [-0.4, -0.2) is 138 Å². The van der Waals surface area contributed by atoms with E-state index in [-0.39, 0.29) is 50.8 Å². The number of carboxylic acids is 1. The van der Waals surface area contributed by atoms with Crippen molar-refractivity contribution >= 4 is 29.7 Å². The van der Waals surface area contributed by atoms with Crippen LogP contribution in [0.4, 0.5) is 0 Å². The molecule has 1 aromatic carbocycles. The summed E-state index contributed by atoms with van der Waals surface area (Å²) in [6.45, 7) is 3.80. The molecule has 0 unspecified atom stereocenters. The lowest BCUT2D eigenvalue weighted by atomic mass is 9.99. The summed E-state index contributed by atoms with van der Waals surface area (Å²) < 4.78 is 32.7. The largest absolute Gasteiger partial charge is 0.479 e. The molecular weight excluding hydrogens is 652 g/mol. The van der Waals surface area contributed by atoms with Crippen LogP contribution < -0.4 is 10.1 Å². The molecule has 2 aliphatic heterocycles. The number of aliphatic hydroxyl groups excluding tert-OH is 3. The third kappa shape index (κ3) is 12.8. The number of imide groups is 1. The number of aliphatic hydroxyl groups is 3. The Morgan fingerprint density at radius 1 is 0.898 bits per heavy atom. The van der Waals surface area contributed by atoms with Gasteiger partial charge in [0.1, 0.15) is 30.7 Å². The average Bonchev–Trinajstić information content (AvgIpc) is 3.41. The minimum absolute atomic E-state index is 0.0112. The van der Waals surface area contributed by atoms with Crippen LogP contribution in [-0.2, 0) is 60.7 Å². The van der Waals surface area contributed by atoms with E-state index in [1.807, 2.05) is 0 Å². The van der Waals surface area contributed by atoms with E-state index in [0.29, 0.717) is 51.4 Å². The lowest BCUT2D eigenvalue weighted by Gasteiger charge is -2.38. The standard InChI is InChI=1S/C32H44N2O15/c1-2-26(38)47-19-21-6-5-20(18-22(21)48-32-29(41)27(39)28(40)30(49-32)31(42)43)4-3-12-44-14-16-46-17-15-45-13-10-33-23(35)9-11-34-24(36)7-8-25(34)37/h5-8,18,27-30,32,39-41H,2-4,9-17,19H2,1H3,(H,33,35)(H,42,43)/t27-,28-,29+,30-,32+/m0/s1. The predicted molar refractivity (Wildman–Crippen MR) is 166 cm³/mol. The number of nitrogens with zero attached hydrogens (tertiary/aromatic N) is 1. The van der Waals surface area contributed by atoms with Crippen LogP contribution in [0.1, 0.15) is 37.3 Å². The minimum Gasteiger partial charge on any atom is -0.479 e. The van der Waals surface area contributed by atoms with E-state index in [0.717, 1.165) is 10.5 Å². The van der Waals surface area contributed by atoms with Gasteiger partial charge in [-0.15, -0.1) is 0 Å². The molecule has 0 bridgehead atoms. The quantitative estimate of drug-likeness (QED) is 0.0545. The van der Waals surface area contributed by atoms with Crippen LogP contribution >= 0.6 is 0 Å². The van der Waals surface area contributed by atoms with Crippen molar-refractivity contribution in [1.29, 1.82) is 0 Å². The second-order valence-corrected chi connectivity index (χ2v) is 11.0. The normalized spacial score (nSPS) is 22.0. The van der Waals surface area contributed by atoms with Gasteiger partial charge in [-0.25, -0.2) is 4.79 Å². The lowest BCUT2D eigenvalue weighted by Crippen LogP contribution is -2.61. The molecule has 1 saturated heterocycles. The first-order chi connectivity index (χ1) is 23.5. The van der Waals surface area contributed by atoms with Gasteiger partial charge >= 0.3 is 11.9 Å². The number of esters is 1. The number of nitrogens with one attached hydrogen (secondary N) is 1. The van der Waals surface area contributed by atoms with E-state index < -0.39 is 54.5 Å². The third-order valence-electron chi connectivity index (χ3n) is 7.39. The predicted octanol–water partition coefficient (Wildman–Crippen LogP) is -1.18. The van der Waals surface area contributed by atoms with E-state index in [2.05, 4.69) is 5.32 Å². The van der Waals surface area contributed by atoms with Crippen molar-refractivity contribution in [2.75, 3.05) is 52.7 Å². The van der Waals surface area contributed by atoms with Gasteiger partial charge in [0.15, 0.2) is 6.10 Å². The SMILES string of the molecule is CCC(=O)OCc1ccc(CCCOCCOCCOCCNC(=O)CCN2C(=O)C=CC2=O)cc1O[C@@H]1O[C@H](C(=O)O)[C@@H](O)[C@H](O)[C@H]1O. The number of ether oxygens (including phenoxy) is 6. The highest BCUT2D eigenvalue weighted by Gasteiger charge is 2.48. The molecule has 0 radical (unpaired) electrons. The van der Waals surface area contributed by atoms with Crippen LogP contribution in [0.5, 0.6) is 5.75 Å². The molecule has 0 aromatic heterocycles. The maximum Gasteiger partial charge on any atom is 0.335 e. The number of hydrogen-bond donors (Lipinski definition) is 5. The van der Waals surface area contributed by atoms with Gasteiger partial charge in [0.2, 0.25) is 12.2 Å². The first kappa shape index (κ1) is 39.5. The summed E-state index contributed by atoms with van der Waals surface area (Å²) in [6, 6.07) is 5.08. The number of benzene rings is 1. The van der Waals surface area contributed by atoms with E-state index >= 15 is 0 Å². The van der Waals surface area contributed by atoms with E-state index in [4.69, 9.17) is 28.4 Å². The number of carbonyl (C=O) groups is 5. The van der Waals surface area contributed by atoms with Gasteiger partial charge in [0.05, 0.1) is 33.0 Å². The molecule has 5 N–H and O–H groups in total. The summed E-state index contributed by atoms with van der Waals surface area (Å²) in [6.07, 6.45) is -5.25. The van der Waals surface area contributed by atoms with Gasteiger partial charge < -0.3 is 54.2 Å². The van der Waals surface area contributed by atoms with Crippen LogP contribution in [0.2, 0.25) is 0 Å². The summed E-state index contributed by atoms with van der Waals surface area (Å²) >= 11 is 0. The average molecular weight is 697 g/mol. The molecule has 3 amide bonds. The van der Waals surface area contributed by atoms with Gasteiger partial charge in [-0.1, -0.05) is 19.1 Å². The fourth-order valence-electron chi connectivity index (χ4n) is 4.65. The molecule has 0 saturated carbocycles. The number of aryl methyl sites for hydroxylation is 1. The molecule has 1 aromatic rings. The van der Waals surface area contributed by atoms with Crippen molar-refractivity contribution < 1.29 is 72.8 Å². The van der Waals surface area contributed by atoms with Crippen molar-refractivity contribution in [1.82, 2.24) is 10.2 Å². The van der Waals surface area contributed by atoms with E-state index in [1.165, 1.54) is 12.2 Å². The molecule has 17 heteroatoms. The maximum atomic E-state index is 11.9. The molecular formula is C32H44N2O15. The third-order valence-corrected chi connectivity index (χ3v) is 7.39. The number of aliphatic carboxylic acids is 1. The Labute approximate surface area is 282 Å². The maximum absolute atomic E-state index is 11.9. The van der Waals surface area contributed by atoms with Gasteiger partial charge in [-0.2, -0.15) is 0 Å². The fourth-order valence-corrected chi connectivity index (χ4v) is 4.65. The first-order valence-electron chi connectivity index (χ1n) is 15.9. The number of amides is 3. The van der Waals surface area contributed by atoms with Crippen LogP contribution in [0.3, 0.4) is 0 Å². The van der Waals surface area contributed by atoms with Crippen LogP contribution in [0, 0.1) is 0 Å². The van der Waals surface area contributed by atoms with Crippen molar-refractivity contribution in [2.24, 2.45) is 0 Å². The van der Waals surface area contributed by atoms with Crippen molar-refractivity contribution in [2.45, 2.75) is 69.9 Å². The Kier molecular flexibility index (Phi) is 16.5. The molecule has 0 aliphatic carbocycles. The molecule has 272 valence electrons. The molecule has 49 heavy (non-hydrogen) atoms.